The topological polar surface area (TPSA) is 59.0 Å². The molecule has 0 saturated carbocycles. The Labute approximate surface area is 182 Å². The Kier molecular flexibility index (Phi) is 6.23. The zero-order valence-corrected chi connectivity index (χ0v) is 17.8. The number of carbonyl (C=O) groups excluding carboxylic acids is 1. The molecule has 160 valence electrons. The quantitative estimate of drug-likeness (QED) is 0.529. The van der Waals surface area contributed by atoms with Crippen LogP contribution in [0, 0.1) is 5.92 Å². The first kappa shape index (κ1) is 20.9. The second kappa shape index (κ2) is 9.23. The van der Waals surface area contributed by atoms with Crippen LogP contribution < -0.4 is 14.4 Å². The van der Waals surface area contributed by atoms with Crippen LogP contribution in [0.3, 0.4) is 0 Å². The van der Waals surface area contributed by atoms with Gasteiger partial charge in [-0.25, -0.2) is 0 Å². The van der Waals surface area contributed by atoms with E-state index in [1.54, 1.807) is 14.2 Å². The van der Waals surface area contributed by atoms with E-state index in [1.165, 1.54) is 0 Å². The Morgan fingerprint density at radius 1 is 0.871 bits per heavy atom. The van der Waals surface area contributed by atoms with Gasteiger partial charge in [0.25, 0.3) is 0 Å². The Morgan fingerprint density at radius 2 is 1.45 bits per heavy atom. The minimum absolute atomic E-state index is 0.0752. The molecule has 1 saturated heterocycles. The van der Waals surface area contributed by atoms with Gasteiger partial charge in [0.2, 0.25) is 5.91 Å². The number of ether oxygens (including phenoxy) is 2. The molecule has 5 nitrogen and oxygen atoms in total. The van der Waals surface area contributed by atoms with Crippen molar-refractivity contribution in [2.45, 2.75) is 25.0 Å². The van der Waals surface area contributed by atoms with Gasteiger partial charge in [-0.3, -0.25) is 4.79 Å². The van der Waals surface area contributed by atoms with E-state index in [2.05, 4.69) is 0 Å². The molecule has 3 atom stereocenters. The van der Waals surface area contributed by atoms with Crippen molar-refractivity contribution in [1.29, 1.82) is 0 Å². The van der Waals surface area contributed by atoms with Crippen molar-refractivity contribution >= 4 is 11.6 Å². The summed E-state index contributed by atoms with van der Waals surface area (Å²) in [5.74, 6) is 1.42. The highest BCUT2D eigenvalue weighted by molar-refractivity contribution is 6.03. The summed E-state index contributed by atoms with van der Waals surface area (Å²) in [6.45, 7) is 0. The molecule has 3 aromatic carbocycles. The fourth-order valence-electron chi connectivity index (χ4n) is 4.22. The number of β-lactam (4-membered cyclic amide) rings is 1. The Morgan fingerprint density at radius 3 is 2.03 bits per heavy atom. The molecule has 1 fully saturated rings. The number of amides is 1. The van der Waals surface area contributed by atoms with Crippen molar-refractivity contribution < 1.29 is 19.4 Å². The fourth-order valence-corrected chi connectivity index (χ4v) is 4.22. The monoisotopic (exact) mass is 417 g/mol. The SMILES string of the molecule is COc1ccc([C@@H]2[C@@H](CC[C@H](O)c3ccccc3)C(=O)N2c2ccc(OC)cc2)cc1. The largest absolute Gasteiger partial charge is 0.497 e. The highest BCUT2D eigenvalue weighted by Gasteiger charge is 2.48. The lowest BCUT2D eigenvalue weighted by atomic mass is 9.78. The van der Waals surface area contributed by atoms with Crippen LogP contribution in [0.25, 0.3) is 0 Å². The molecule has 1 heterocycles. The van der Waals surface area contributed by atoms with Crippen LogP contribution in [0.1, 0.15) is 36.1 Å². The first-order chi connectivity index (χ1) is 15.1. The molecule has 0 radical (unpaired) electrons. The minimum atomic E-state index is -0.583. The molecule has 0 unspecified atom stereocenters. The molecule has 1 aliphatic rings. The average molecular weight is 418 g/mol. The molecule has 5 heteroatoms. The molecule has 0 aliphatic carbocycles. The molecule has 1 aliphatic heterocycles. The third-order valence-corrected chi connectivity index (χ3v) is 5.96. The molecular formula is C26H27NO4. The first-order valence-electron chi connectivity index (χ1n) is 10.5. The predicted octanol–water partition coefficient (Wildman–Crippen LogP) is 4.92. The zero-order valence-electron chi connectivity index (χ0n) is 17.8. The van der Waals surface area contributed by atoms with Crippen molar-refractivity contribution in [2.24, 2.45) is 5.92 Å². The van der Waals surface area contributed by atoms with Crippen molar-refractivity contribution in [2.75, 3.05) is 19.1 Å². The van der Waals surface area contributed by atoms with Gasteiger partial charge in [0.15, 0.2) is 0 Å². The van der Waals surface area contributed by atoms with Crippen LogP contribution in [0.5, 0.6) is 11.5 Å². The number of aliphatic hydroxyl groups excluding tert-OH is 1. The fraction of sp³-hybridized carbons (Fsp3) is 0.269. The highest BCUT2D eigenvalue weighted by atomic mass is 16.5. The number of hydrogen-bond acceptors (Lipinski definition) is 4. The lowest BCUT2D eigenvalue weighted by Gasteiger charge is -2.48. The molecule has 0 bridgehead atoms. The predicted molar refractivity (Wildman–Crippen MR) is 120 cm³/mol. The maximum absolute atomic E-state index is 13.2. The van der Waals surface area contributed by atoms with E-state index in [9.17, 15) is 9.90 Å². The third kappa shape index (κ3) is 4.28. The highest BCUT2D eigenvalue weighted by Crippen LogP contribution is 2.46. The molecule has 1 amide bonds. The minimum Gasteiger partial charge on any atom is -0.497 e. The van der Waals surface area contributed by atoms with Crippen molar-refractivity contribution in [1.82, 2.24) is 0 Å². The summed E-state index contributed by atoms with van der Waals surface area (Å²) in [5.41, 5.74) is 2.77. The summed E-state index contributed by atoms with van der Waals surface area (Å²) in [6, 6.07) is 24.9. The lowest BCUT2D eigenvalue weighted by Crippen LogP contribution is -2.55. The van der Waals surface area contributed by atoms with Crippen LogP contribution in [0.15, 0.2) is 78.9 Å². The maximum Gasteiger partial charge on any atom is 0.233 e. The second-order valence-electron chi connectivity index (χ2n) is 7.73. The second-order valence-corrected chi connectivity index (χ2v) is 7.73. The summed E-state index contributed by atoms with van der Waals surface area (Å²) in [5, 5.41) is 10.6. The Hall–Kier alpha value is -3.31. The van der Waals surface area contributed by atoms with E-state index in [1.807, 2.05) is 83.8 Å². The lowest BCUT2D eigenvalue weighted by molar-refractivity contribution is -0.131. The summed E-state index contributed by atoms with van der Waals surface area (Å²) in [6.07, 6.45) is 0.558. The standard InChI is InChI=1S/C26H27NO4/c1-30-21-12-8-19(9-13-21)25-23(16-17-24(28)18-6-4-3-5-7-18)26(29)27(25)20-10-14-22(31-2)15-11-20/h3-15,23-25,28H,16-17H2,1-2H3/t23-,24+,25-/m1/s1. The van der Waals surface area contributed by atoms with Gasteiger partial charge in [-0.05, 0) is 60.4 Å². The Bertz CT molecular complexity index is 1000. The van der Waals surface area contributed by atoms with Crippen LogP contribution in [-0.2, 0) is 4.79 Å². The number of carbonyl (C=O) groups is 1. The molecule has 31 heavy (non-hydrogen) atoms. The van der Waals surface area contributed by atoms with E-state index in [0.29, 0.717) is 12.8 Å². The molecule has 4 rings (SSSR count). The number of nitrogens with zero attached hydrogens (tertiary/aromatic N) is 1. The van der Waals surface area contributed by atoms with E-state index in [0.717, 1.165) is 28.3 Å². The van der Waals surface area contributed by atoms with Crippen LogP contribution >= 0.6 is 0 Å². The number of anilines is 1. The van der Waals surface area contributed by atoms with E-state index in [4.69, 9.17) is 9.47 Å². The van der Waals surface area contributed by atoms with E-state index >= 15 is 0 Å². The van der Waals surface area contributed by atoms with Crippen molar-refractivity contribution in [3.05, 3.63) is 90.0 Å². The van der Waals surface area contributed by atoms with Gasteiger partial charge < -0.3 is 19.5 Å². The normalized spacial score (nSPS) is 18.9. The smallest absolute Gasteiger partial charge is 0.233 e. The molecular weight excluding hydrogens is 390 g/mol. The molecule has 0 aromatic heterocycles. The number of aliphatic hydroxyl groups is 1. The van der Waals surface area contributed by atoms with E-state index in [-0.39, 0.29) is 17.9 Å². The van der Waals surface area contributed by atoms with Crippen LogP contribution in [0.4, 0.5) is 5.69 Å². The number of benzene rings is 3. The van der Waals surface area contributed by atoms with Gasteiger partial charge in [-0.2, -0.15) is 0 Å². The summed E-state index contributed by atoms with van der Waals surface area (Å²) in [7, 11) is 3.26. The number of hydrogen-bond donors (Lipinski definition) is 1. The van der Waals surface area contributed by atoms with Crippen LogP contribution in [0.2, 0.25) is 0 Å². The van der Waals surface area contributed by atoms with Crippen LogP contribution in [-0.4, -0.2) is 25.2 Å². The van der Waals surface area contributed by atoms with Gasteiger partial charge in [0.05, 0.1) is 32.3 Å². The van der Waals surface area contributed by atoms with Gasteiger partial charge in [0.1, 0.15) is 11.5 Å². The van der Waals surface area contributed by atoms with Gasteiger partial charge in [-0.1, -0.05) is 42.5 Å². The average Bonchev–Trinajstić information content (AvgIpc) is 2.83. The Balaban J connectivity index is 1.56. The van der Waals surface area contributed by atoms with Gasteiger partial charge in [0, 0.05) is 5.69 Å². The zero-order chi connectivity index (χ0) is 21.8. The van der Waals surface area contributed by atoms with E-state index < -0.39 is 6.10 Å². The molecule has 1 N–H and O–H groups in total. The number of rotatable bonds is 8. The van der Waals surface area contributed by atoms with Crippen molar-refractivity contribution in [3.63, 3.8) is 0 Å². The molecule has 3 aromatic rings. The van der Waals surface area contributed by atoms with Gasteiger partial charge in [-0.15, -0.1) is 0 Å². The summed E-state index contributed by atoms with van der Waals surface area (Å²) < 4.78 is 10.5. The maximum atomic E-state index is 13.2. The number of methoxy groups -OCH3 is 2. The summed E-state index contributed by atoms with van der Waals surface area (Å²) >= 11 is 0. The summed E-state index contributed by atoms with van der Waals surface area (Å²) in [4.78, 5) is 15.0. The molecule has 0 spiro atoms. The van der Waals surface area contributed by atoms with Crippen molar-refractivity contribution in [3.8, 4) is 11.5 Å². The third-order valence-electron chi connectivity index (χ3n) is 5.96. The van der Waals surface area contributed by atoms with Gasteiger partial charge >= 0.3 is 0 Å². The first-order valence-corrected chi connectivity index (χ1v) is 10.5.